The van der Waals surface area contributed by atoms with Crippen LogP contribution < -0.4 is 4.90 Å². The number of carbonyl (C=O) groups is 1. The van der Waals surface area contributed by atoms with Crippen LogP contribution in [0.2, 0.25) is 0 Å². The predicted molar refractivity (Wildman–Crippen MR) is 94.7 cm³/mol. The number of aryl methyl sites for hydroxylation is 1. The van der Waals surface area contributed by atoms with Crippen LogP contribution in [0.15, 0.2) is 30.3 Å². The summed E-state index contributed by atoms with van der Waals surface area (Å²) in [6.07, 6.45) is 0. The number of anilines is 1. The average Bonchev–Trinajstić information content (AvgIpc) is 2.53. The highest BCUT2D eigenvalue weighted by Gasteiger charge is 2.30. The van der Waals surface area contributed by atoms with Crippen LogP contribution in [-0.2, 0) is 4.79 Å². The molecule has 0 unspecified atom stereocenters. The lowest BCUT2D eigenvalue weighted by Gasteiger charge is -2.38. The normalized spacial score (nSPS) is 16.0. The lowest BCUT2D eigenvalue weighted by atomic mass is 9.94. The van der Waals surface area contributed by atoms with Crippen LogP contribution in [0.5, 0.6) is 0 Å². The molecule has 1 aliphatic heterocycles. The van der Waals surface area contributed by atoms with Crippen LogP contribution in [-0.4, -0.2) is 42.0 Å². The van der Waals surface area contributed by atoms with Crippen molar-refractivity contribution in [3.05, 3.63) is 35.9 Å². The Labute approximate surface area is 138 Å². The highest BCUT2D eigenvalue weighted by atomic mass is 16.2. The third-order valence-corrected chi connectivity index (χ3v) is 4.40. The Kier molecular flexibility index (Phi) is 4.00. The molecule has 0 saturated carbocycles. The van der Waals surface area contributed by atoms with E-state index >= 15 is 0 Å². The van der Waals surface area contributed by atoms with E-state index in [4.69, 9.17) is 4.98 Å². The summed E-state index contributed by atoms with van der Waals surface area (Å²) < 4.78 is 0. The molecule has 122 valence electrons. The first-order chi connectivity index (χ1) is 10.9. The van der Waals surface area contributed by atoms with E-state index < -0.39 is 0 Å². The molecule has 1 aromatic heterocycles. The number of para-hydroxylation sites is 1. The van der Waals surface area contributed by atoms with Gasteiger partial charge in [0.1, 0.15) is 5.82 Å². The maximum Gasteiger partial charge on any atom is 0.228 e. The minimum atomic E-state index is -0.306. The molecule has 1 fully saturated rings. The van der Waals surface area contributed by atoms with E-state index in [0.29, 0.717) is 0 Å². The van der Waals surface area contributed by atoms with Gasteiger partial charge in [-0.1, -0.05) is 39.0 Å². The van der Waals surface area contributed by atoms with E-state index in [1.165, 1.54) is 10.9 Å². The monoisotopic (exact) mass is 311 g/mol. The molecule has 1 amide bonds. The van der Waals surface area contributed by atoms with Gasteiger partial charge in [0.2, 0.25) is 5.91 Å². The summed E-state index contributed by atoms with van der Waals surface area (Å²) in [6, 6.07) is 10.4. The van der Waals surface area contributed by atoms with E-state index in [2.05, 4.69) is 30.0 Å². The van der Waals surface area contributed by atoms with Crippen LogP contribution in [0.3, 0.4) is 0 Å². The molecule has 1 aliphatic rings. The number of carbonyl (C=O) groups excluding carboxylic acids is 1. The van der Waals surface area contributed by atoms with E-state index in [1.54, 1.807) is 0 Å². The summed E-state index contributed by atoms with van der Waals surface area (Å²) in [5, 5.41) is 1.18. The van der Waals surface area contributed by atoms with Gasteiger partial charge in [0, 0.05) is 37.0 Å². The van der Waals surface area contributed by atoms with E-state index in [1.807, 2.05) is 37.8 Å². The molecule has 23 heavy (non-hydrogen) atoms. The quantitative estimate of drug-likeness (QED) is 0.811. The van der Waals surface area contributed by atoms with E-state index in [-0.39, 0.29) is 11.3 Å². The summed E-state index contributed by atoms with van der Waals surface area (Å²) in [4.78, 5) is 21.5. The van der Waals surface area contributed by atoms with Crippen molar-refractivity contribution in [1.82, 2.24) is 9.88 Å². The zero-order valence-corrected chi connectivity index (χ0v) is 14.5. The molecule has 0 atom stereocenters. The fraction of sp³-hybridized carbons (Fsp3) is 0.474. The molecule has 2 aromatic rings. The fourth-order valence-electron chi connectivity index (χ4n) is 3.13. The number of hydrogen-bond donors (Lipinski definition) is 0. The Morgan fingerprint density at radius 1 is 1.09 bits per heavy atom. The maximum absolute atomic E-state index is 12.4. The van der Waals surface area contributed by atoms with Crippen LogP contribution in [0.1, 0.15) is 26.3 Å². The molecular formula is C19H25N3O. The highest BCUT2D eigenvalue weighted by Crippen LogP contribution is 2.25. The van der Waals surface area contributed by atoms with Gasteiger partial charge in [-0.15, -0.1) is 0 Å². The van der Waals surface area contributed by atoms with Gasteiger partial charge in [0.05, 0.1) is 5.52 Å². The number of hydrogen-bond acceptors (Lipinski definition) is 3. The standard InChI is InChI=1S/C19H25N3O/c1-14-13-15-7-5-6-8-16(15)20-17(14)21-9-11-22(12-10-21)18(23)19(2,3)4/h5-8,13H,9-12H2,1-4H3. The van der Waals surface area contributed by atoms with Gasteiger partial charge in [0.15, 0.2) is 0 Å². The lowest BCUT2D eigenvalue weighted by Crippen LogP contribution is -2.52. The molecule has 3 rings (SSSR count). The summed E-state index contributed by atoms with van der Waals surface area (Å²) in [5.74, 6) is 1.28. The van der Waals surface area contributed by atoms with Gasteiger partial charge in [-0.3, -0.25) is 4.79 Å². The van der Waals surface area contributed by atoms with Gasteiger partial charge in [-0.25, -0.2) is 4.98 Å². The van der Waals surface area contributed by atoms with Crippen molar-refractivity contribution in [3.8, 4) is 0 Å². The second kappa shape index (κ2) is 5.84. The third-order valence-electron chi connectivity index (χ3n) is 4.40. The smallest absolute Gasteiger partial charge is 0.228 e. The number of fused-ring (bicyclic) bond motifs is 1. The predicted octanol–water partition coefficient (Wildman–Crippen LogP) is 3.24. The second-order valence-corrected chi connectivity index (χ2v) is 7.35. The molecular weight excluding hydrogens is 286 g/mol. The van der Waals surface area contributed by atoms with Crippen LogP contribution in [0.25, 0.3) is 10.9 Å². The van der Waals surface area contributed by atoms with Crippen LogP contribution in [0.4, 0.5) is 5.82 Å². The average molecular weight is 311 g/mol. The Morgan fingerprint density at radius 3 is 2.39 bits per heavy atom. The number of pyridine rings is 1. The fourth-order valence-corrected chi connectivity index (χ4v) is 3.13. The van der Waals surface area contributed by atoms with Crippen molar-refractivity contribution in [2.24, 2.45) is 5.41 Å². The Morgan fingerprint density at radius 2 is 1.74 bits per heavy atom. The summed E-state index contributed by atoms with van der Waals surface area (Å²) in [7, 11) is 0. The number of rotatable bonds is 1. The summed E-state index contributed by atoms with van der Waals surface area (Å²) in [6.45, 7) is 11.3. The van der Waals surface area contributed by atoms with Crippen molar-refractivity contribution >= 4 is 22.6 Å². The Balaban J connectivity index is 1.78. The molecule has 0 bridgehead atoms. The largest absolute Gasteiger partial charge is 0.353 e. The van der Waals surface area contributed by atoms with Crippen molar-refractivity contribution in [2.45, 2.75) is 27.7 Å². The molecule has 0 radical (unpaired) electrons. The van der Waals surface area contributed by atoms with E-state index in [0.717, 1.165) is 37.5 Å². The van der Waals surface area contributed by atoms with Gasteiger partial charge in [0.25, 0.3) is 0 Å². The van der Waals surface area contributed by atoms with Crippen LogP contribution >= 0.6 is 0 Å². The molecule has 2 heterocycles. The first kappa shape index (κ1) is 15.8. The molecule has 1 saturated heterocycles. The minimum Gasteiger partial charge on any atom is -0.353 e. The third kappa shape index (κ3) is 3.16. The Bertz CT molecular complexity index is 725. The van der Waals surface area contributed by atoms with E-state index in [9.17, 15) is 4.79 Å². The first-order valence-electron chi connectivity index (χ1n) is 8.27. The van der Waals surface area contributed by atoms with Crippen molar-refractivity contribution < 1.29 is 4.79 Å². The van der Waals surface area contributed by atoms with Gasteiger partial charge in [-0.2, -0.15) is 0 Å². The molecule has 4 heteroatoms. The molecule has 0 aliphatic carbocycles. The molecule has 0 N–H and O–H groups in total. The van der Waals surface area contributed by atoms with Crippen molar-refractivity contribution in [1.29, 1.82) is 0 Å². The van der Waals surface area contributed by atoms with Crippen molar-refractivity contribution in [2.75, 3.05) is 31.1 Å². The van der Waals surface area contributed by atoms with Crippen molar-refractivity contribution in [3.63, 3.8) is 0 Å². The maximum atomic E-state index is 12.4. The highest BCUT2D eigenvalue weighted by molar-refractivity contribution is 5.83. The zero-order valence-electron chi connectivity index (χ0n) is 14.5. The number of aromatic nitrogens is 1. The number of amides is 1. The minimum absolute atomic E-state index is 0.236. The SMILES string of the molecule is Cc1cc2ccccc2nc1N1CCN(C(=O)C(C)(C)C)CC1. The topological polar surface area (TPSA) is 36.4 Å². The molecule has 1 aromatic carbocycles. The summed E-state index contributed by atoms with van der Waals surface area (Å²) >= 11 is 0. The number of benzene rings is 1. The number of piperazine rings is 1. The zero-order chi connectivity index (χ0) is 16.6. The lowest BCUT2D eigenvalue weighted by molar-refractivity contribution is -0.139. The number of nitrogens with zero attached hydrogens (tertiary/aromatic N) is 3. The Hall–Kier alpha value is -2.10. The second-order valence-electron chi connectivity index (χ2n) is 7.35. The summed E-state index contributed by atoms with van der Waals surface area (Å²) in [5.41, 5.74) is 1.92. The molecule has 4 nitrogen and oxygen atoms in total. The molecule has 0 spiro atoms. The van der Waals surface area contributed by atoms with Gasteiger partial charge >= 0.3 is 0 Å². The van der Waals surface area contributed by atoms with Crippen LogP contribution in [0, 0.1) is 12.3 Å². The first-order valence-corrected chi connectivity index (χ1v) is 8.27. The van der Waals surface area contributed by atoms with Gasteiger partial charge in [-0.05, 0) is 24.6 Å². The van der Waals surface area contributed by atoms with Gasteiger partial charge < -0.3 is 9.80 Å².